The van der Waals surface area contributed by atoms with E-state index in [2.05, 4.69) is 13.8 Å². The minimum atomic E-state index is 0.366. The van der Waals surface area contributed by atoms with Crippen molar-refractivity contribution >= 4 is 17.7 Å². The van der Waals surface area contributed by atoms with E-state index in [4.69, 9.17) is 10.1 Å². The van der Waals surface area contributed by atoms with Crippen molar-refractivity contribution < 1.29 is 4.74 Å². The lowest BCUT2D eigenvalue weighted by Gasteiger charge is -2.07. The SMILES string of the molecule is CCC(C)SCC(=N)OC. The minimum Gasteiger partial charge on any atom is -0.484 e. The van der Waals surface area contributed by atoms with Crippen LogP contribution < -0.4 is 0 Å². The lowest BCUT2D eigenvalue weighted by Crippen LogP contribution is -2.05. The molecular formula is C7H15NOS. The Labute approximate surface area is 66.9 Å². The summed E-state index contributed by atoms with van der Waals surface area (Å²) in [6, 6.07) is 0. The highest BCUT2D eigenvalue weighted by molar-refractivity contribution is 8.00. The Hall–Kier alpha value is -0.180. The van der Waals surface area contributed by atoms with Crippen molar-refractivity contribution in [3.8, 4) is 0 Å². The quantitative estimate of drug-likeness (QED) is 0.506. The van der Waals surface area contributed by atoms with Crippen LogP contribution in [-0.4, -0.2) is 24.0 Å². The van der Waals surface area contributed by atoms with E-state index >= 15 is 0 Å². The largest absolute Gasteiger partial charge is 0.484 e. The summed E-state index contributed by atoms with van der Waals surface area (Å²) in [5.74, 6) is 1.07. The third-order valence-electron chi connectivity index (χ3n) is 1.32. The summed E-state index contributed by atoms with van der Waals surface area (Å²) in [5.41, 5.74) is 0. The van der Waals surface area contributed by atoms with E-state index in [9.17, 15) is 0 Å². The van der Waals surface area contributed by atoms with E-state index in [1.807, 2.05) is 0 Å². The zero-order chi connectivity index (χ0) is 7.98. The maximum absolute atomic E-state index is 7.16. The third-order valence-corrected chi connectivity index (χ3v) is 2.65. The molecule has 2 nitrogen and oxygen atoms in total. The first kappa shape index (κ1) is 9.82. The molecule has 0 aliphatic rings. The Morgan fingerprint density at radius 2 is 2.30 bits per heavy atom. The summed E-state index contributed by atoms with van der Waals surface area (Å²) < 4.78 is 4.71. The van der Waals surface area contributed by atoms with Crippen LogP contribution in [0.15, 0.2) is 0 Å². The molecule has 0 radical (unpaired) electrons. The van der Waals surface area contributed by atoms with Gasteiger partial charge in [-0.1, -0.05) is 13.8 Å². The first-order chi connectivity index (χ1) is 4.70. The molecule has 0 aliphatic heterocycles. The second-order valence-corrected chi connectivity index (χ2v) is 3.58. The summed E-state index contributed by atoms with van der Waals surface area (Å²) in [6.45, 7) is 4.31. The van der Waals surface area contributed by atoms with Gasteiger partial charge in [0.2, 0.25) is 0 Å². The molecule has 0 aromatic carbocycles. The Balaban J connectivity index is 3.26. The zero-order valence-corrected chi connectivity index (χ0v) is 7.62. The van der Waals surface area contributed by atoms with E-state index in [0.717, 1.165) is 6.42 Å². The average molecular weight is 161 g/mol. The van der Waals surface area contributed by atoms with Gasteiger partial charge in [-0.05, 0) is 6.42 Å². The van der Waals surface area contributed by atoms with Crippen molar-refractivity contribution in [2.45, 2.75) is 25.5 Å². The third kappa shape index (κ3) is 4.68. The van der Waals surface area contributed by atoms with Crippen molar-refractivity contribution in [1.29, 1.82) is 5.41 Å². The molecule has 0 heterocycles. The summed E-state index contributed by atoms with van der Waals surface area (Å²) in [4.78, 5) is 0. The van der Waals surface area contributed by atoms with Gasteiger partial charge in [-0.3, -0.25) is 5.41 Å². The smallest absolute Gasteiger partial charge is 0.190 e. The first-order valence-electron chi connectivity index (χ1n) is 3.43. The van der Waals surface area contributed by atoms with Crippen LogP contribution in [0.2, 0.25) is 0 Å². The molecule has 0 spiro atoms. The fraction of sp³-hybridized carbons (Fsp3) is 0.857. The van der Waals surface area contributed by atoms with Gasteiger partial charge in [0.15, 0.2) is 5.90 Å². The van der Waals surface area contributed by atoms with Crippen LogP contribution in [0.4, 0.5) is 0 Å². The van der Waals surface area contributed by atoms with Crippen LogP contribution >= 0.6 is 11.8 Å². The molecule has 0 aromatic rings. The molecule has 3 heteroatoms. The Kier molecular flexibility index (Phi) is 5.49. The Morgan fingerprint density at radius 1 is 1.70 bits per heavy atom. The molecule has 1 N–H and O–H groups in total. The van der Waals surface area contributed by atoms with Gasteiger partial charge < -0.3 is 4.74 Å². The number of ether oxygens (including phenoxy) is 1. The van der Waals surface area contributed by atoms with Gasteiger partial charge in [0, 0.05) is 5.25 Å². The minimum absolute atomic E-state index is 0.366. The molecular weight excluding hydrogens is 146 g/mol. The van der Waals surface area contributed by atoms with E-state index in [1.54, 1.807) is 18.9 Å². The molecule has 1 atom stereocenters. The number of hydrogen-bond donors (Lipinski definition) is 1. The standard InChI is InChI=1S/C7H15NOS/c1-4-6(2)10-5-7(8)9-3/h6,8H,4-5H2,1-3H3. The van der Waals surface area contributed by atoms with Crippen molar-refractivity contribution in [2.24, 2.45) is 0 Å². The summed E-state index contributed by atoms with van der Waals surface area (Å²) in [7, 11) is 1.54. The number of hydrogen-bond acceptors (Lipinski definition) is 3. The molecule has 0 fully saturated rings. The predicted molar refractivity (Wildman–Crippen MR) is 46.9 cm³/mol. The van der Waals surface area contributed by atoms with Gasteiger partial charge in [-0.25, -0.2) is 0 Å². The lowest BCUT2D eigenvalue weighted by atomic mass is 10.4. The van der Waals surface area contributed by atoms with Gasteiger partial charge in [-0.2, -0.15) is 0 Å². The van der Waals surface area contributed by atoms with Crippen molar-refractivity contribution in [3.05, 3.63) is 0 Å². The van der Waals surface area contributed by atoms with Crippen molar-refractivity contribution in [2.75, 3.05) is 12.9 Å². The summed E-state index contributed by atoms with van der Waals surface area (Å²) >= 11 is 1.76. The van der Waals surface area contributed by atoms with Crippen LogP contribution in [0.5, 0.6) is 0 Å². The maximum Gasteiger partial charge on any atom is 0.190 e. The van der Waals surface area contributed by atoms with E-state index in [1.165, 1.54) is 0 Å². The van der Waals surface area contributed by atoms with Crippen molar-refractivity contribution in [3.63, 3.8) is 0 Å². The number of nitrogens with one attached hydrogen (secondary N) is 1. The highest BCUT2D eigenvalue weighted by atomic mass is 32.2. The molecule has 0 amide bonds. The normalized spacial score (nSPS) is 12.7. The lowest BCUT2D eigenvalue weighted by molar-refractivity contribution is 0.397. The zero-order valence-electron chi connectivity index (χ0n) is 6.81. The van der Waals surface area contributed by atoms with Gasteiger partial charge in [0.1, 0.15) is 0 Å². The van der Waals surface area contributed by atoms with Crippen LogP contribution in [0.3, 0.4) is 0 Å². The summed E-state index contributed by atoms with van der Waals surface area (Å²) in [6.07, 6.45) is 1.15. The van der Waals surface area contributed by atoms with Crippen LogP contribution in [-0.2, 0) is 4.74 Å². The molecule has 0 aliphatic carbocycles. The monoisotopic (exact) mass is 161 g/mol. The molecule has 0 saturated heterocycles. The molecule has 0 aromatic heterocycles. The molecule has 0 saturated carbocycles. The molecule has 60 valence electrons. The second kappa shape index (κ2) is 5.59. The number of methoxy groups -OCH3 is 1. The first-order valence-corrected chi connectivity index (χ1v) is 4.48. The predicted octanol–water partition coefficient (Wildman–Crippen LogP) is 2.14. The van der Waals surface area contributed by atoms with Gasteiger partial charge in [-0.15, -0.1) is 11.8 Å². The Bertz CT molecular complexity index is 106. The van der Waals surface area contributed by atoms with Gasteiger partial charge >= 0.3 is 0 Å². The van der Waals surface area contributed by atoms with Crippen LogP contribution in [0.25, 0.3) is 0 Å². The number of thioether (sulfide) groups is 1. The molecule has 1 unspecified atom stereocenters. The highest BCUT2D eigenvalue weighted by Crippen LogP contribution is 2.12. The second-order valence-electron chi connectivity index (χ2n) is 2.16. The molecule has 0 bridgehead atoms. The van der Waals surface area contributed by atoms with E-state index in [0.29, 0.717) is 16.9 Å². The fourth-order valence-electron chi connectivity index (χ4n) is 0.395. The van der Waals surface area contributed by atoms with Gasteiger partial charge in [0.25, 0.3) is 0 Å². The highest BCUT2D eigenvalue weighted by Gasteiger charge is 2.00. The van der Waals surface area contributed by atoms with Gasteiger partial charge in [0.05, 0.1) is 12.9 Å². The molecule has 10 heavy (non-hydrogen) atoms. The number of rotatable bonds is 4. The molecule has 0 rings (SSSR count). The average Bonchev–Trinajstić information content (AvgIpc) is 1.99. The van der Waals surface area contributed by atoms with Crippen LogP contribution in [0, 0.1) is 5.41 Å². The Morgan fingerprint density at radius 3 is 2.70 bits per heavy atom. The summed E-state index contributed by atoms with van der Waals surface area (Å²) in [5, 5.41) is 7.80. The van der Waals surface area contributed by atoms with E-state index in [-0.39, 0.29) is 0 Å². The maximum atomic E-state index is 7.16. The van der Waals surface area contributed by atoms with Crippen LogP contribution in [0.1, 0.15) is 20.3 Å². The van der Waals surface area contributed by atoms with Crippen molar-refractivity contribution in [1.82, 2.24) is 0 Å². The fourth-order valence-corrected chi connectivity index (χ4v) is 1.18. The van der Waals surface area contributed by atoms with E-state index < -0.39 is 0 Å². The topological polar surface area (TPSA) is 33.1 Å².